The van der Waals surface area contributed by atoms with Crippen LogP contribution in [0.15, 0.2) is 34.9 Å². The first-order valence-electron chi connectivity index (χ1n) is 4.95. The molecule has 0 unspecified atom stereocenters. The first-order chi connectivity index (χ1) is 8.13. The minimum Gasteiger partial charge on any atom is -0.507 e. The third-order valence-electron chi connectivity index (χ3n) is 2.42. The van der Waals surface area contributed by atoms with Crippen LogP contribution in [-0.4, -0.2) is 10.9 Å². The van der Waals surface area contributed by atoms with E-state index in [-0.39, 0.29) is 17.1 Å². The summed E-state index contributed by atoms with van der Waals surface area (Å²) in [6.07, 6.45) is 1.48. The van der Waals surface area contributed by atoms with Crippen LogP contribution in [0.4, 0.5) is 0 Å². The zero-order valence-electron chi connectivity index (χ0n) is 9.10. The van der Waals surface area contributed by atoms with Crippen LogP contribution in [0.5, 0.6) is 5.75 Å². The standard InChI is InChI=1S/C13H9NO3/c1-8(15)10-5-9(7-14)11(6-12(10)16)13-3-2-4-17-13/h2-6,16H,1H3. The Morgan fingerprint density at radius 3 is 2.76 bits per heavy atom. The molecule has 0 aliphatic carbocycles. The van der Waals surface area contributed by atoms with Crippen LogP contribution in [0.2, 0.25) is 0 Å². The van der Waals surface area contributed by atoms with Gasteiger partial charge in [-0.05, 0) is 31.2 Å². The summed E-state index contributed by atoms with van der Waals surface area (Å²) in [6, 6.07) is 8.09. The number of hydrogen-bond acceptors (Lipinski definition) is 4. The number of ketones is 1. The van der Waals surface area contributed by atoms with Gasteiger partial charge in [0.25, 0.3) is 0 Å². The zero-order valence-corrected chi connectivity index (χ0v) is 9.10. The van der Waals surface area contributed by atoms with E-state index < -0.39 is 0 Å². The Kier molecular flexibility index (Phi) is 2.67. The summed E-state index contributed by atoms with van der Waals surface area (Å²) in [6.45, 7) is 1.34. The molecule has 0 amide bonds. The van der Waals surface area contributed by atoms with Crippen molar-refractivity contribution in [3.05, 3.63) is 41.7 Å². The number of rotatable bonds is 2. The van der Waals surface area contributed by atoms with Crippen LogP contribution in [0.25, 0.3) is 11.3 Å². The Morgan fingerprint density at radius 1 is 1.47 bits per heavy atom. The number of carbonyl (C=O) groups excluding carboxylic acids is 1. The summed E-state index contributed by atoms with van der Waals surface area (Å²) in [4.78, 5) is 11.2. The fourth-order valence-corrected chi connectivity index (χ4v) is 1.60. The van der Waals surface area contributed by atoms with Gasteiger partial charge in [0.05, 0.1) is 23.5 Å². The number of phenolic OH excluding ortho intramolecular Hbond substituents is 1. The zero-order chi connectivity index (χ0) is 12.4. The van der Waals surface area contributed by atoms with Gasteiger partial charge in [0.15, 0.2) is 5.78 Å². The molecule has 0 saturated carbocycles. The molecule has 4 heteroatoms. The Bertz CT molecular complexity index is 606. The van der Waals surface area contributed by atoms with Crippen LogP contribution < -0.4 is 0 Å². The molecule has 0 aliphatic rings. The van der Waals surface area contributed by atoms with E-state index in [1.165, 1.54) is 25.3 Å². The van der Waals surface area contributed by atoms with Crippen LogP contribution in [0.3, 0.4) is 0 Å². The largest absolute Gasteiger partial charge is 0.507 e. The minimum atomic E-state index is -0.287. The lowest BCUT2D eigenvalue weighted by Crippen LogP contribution is -1.95. The second kappa shape index (κ2) is 4.14. The third kappa shape index (κ3) is 1.91. The van der Waals surface area contributed by atoms with E-state index in [0.717, 1.165) is 0 Å². The summed E-state index contributed by atoms with van der Waals surface area (Å²) in [5.41, 5.74) is 0.903. The summed E-state index contributed by atoms with van der Waals surface area (Å²) in [7, 11) is 0. The molecule has 0 aliphatic heterocycles. The molecule has 1 N–H and O–H groups in total. The average molecular weight is 227 g/mol. The second-order valence-electron chi connectivity index (χ2n) is 3.56. The van der Waals surface area contributed by atoms with Crippen molar-refractivity contribution in [2.45, 2.75) is 6.92 Å². The van der Waals surface area contributed by atoms with Gasteiger partial charge in [-0.15, -0.1) is 0 Å². The van der Waals surface area contributed by atoms with E-state index in [0.29, 0.717) is 16.9 Å². The van der Waals surface area contributed by atoms with Crippen LogP contribution in [-0.2, 0) is 0 Å². The van der Waals surface area contributed by atoms with Crippen molar-refractivity contribution >= 4 is 5.78 Å². The fourth-order valence-electron chi connectivity index (χ4n) is 1.60. The quantitative estimate of drug-likeness (QED) is 0.800. The maximum Gasteiger partial charge on any atom is 0.163 e. The number of nitrogens with zero attached hydrogens (tertiary/aromatic N) is 1. The predicted octanol–water partition coefficient (Wildman–Crippen LogP) is 2.73. The molecule has 0 radical (unpaired) electrons. The van der Waals surface area contributed by atoms with Crippen molar-refractivity contribution in [1.82, 2.24) is 0 Å². The Balaban J connectivity index is 2.67. The number of aromatic hydroxyl groups is 1. The highest BCUT2D eigenvalue weighted by Gasteiger charge is 2.14. The maximum atomic E-state index is 11.2. The highest BCUT2D eigenvalue weighted by Crippen LogP contribution is 2.30. The lowest BCUT2D eigenvalue weighted by molar-refractivity contribution is 0.101. The lowest BCUT2D eigenvalue weighted by atomic mass is 10.00. The van der Waals surface area contributed by atoms with E-state index in [2.05, 4.69) is 0 Å². The molecule has 0 saturated heterocycles. The molecule has 1 aromatic heterocycles. The number of nitriles is 1. The number of benzene rings is 1. The van der Waals surface area contributed by atoms with Crippen LogP contribution in [0, 0.1) is 11.3 Å². The summed E-state index contributed by atoms with van der Waals surface area (Å²) >= 11 is 0. The van der Waals surface area contributed by atoms with Crippen molar-refractivity contribution in [3.63, 3.8) is 0 Å². The molecule has 17 heavy (non-hydrogen) atoms. The van der Waals surface area contributed by atoms with Gasteiger partial charge < -0.3 is 9.52 Å². The van der Waals surface area contributed by atoms with Crippen molar-refractivity contribution in [1.29, 1.82) is 5.26 Å². The molecule has 1 aromatic carbocycles. The molecule has 2 aromatic rings. The van der Waals surface area contributed by atoms with Crippen LogP contribution in [0.1, 0.15) is 22.8 Å². The molecule has 0 bridgehead atoms. The van der Waals surface area contributed by atoms with Crippen molar-refractivity contribution < 1.29 is 14.3 Å². The van der Waals surface area contributed by atoms with Gasteiger partial charge in [0.1, 0.15) is 11.5 Å². The number of phenols is 1. The fraction of sp³-hybridized carbons (Fsp3) is 0.0769. The molecule has 0 atom stereocenters. The van der Waals surface area contributed by atoms with E-state index in [1.807, 2.05) is 6.07 Å². The third-order valence-corrected chi connectivity index (χ3v) is 2.42. The molecule has 84 valence electrons. The number of furan rings is 1. The van der Waals surface area contributed by atoms with Crippen LogP contribution >= 0.6 is 0 Å². The smallest absolute Gasteiger partial charge is 0.163 e. The normalized spacial score (nSPS) is 9.88. The van der Waals surface area contributed by atoms with E-state index in [4.69, 9.17) is 9.68 Å². The molecule has 4 nitrogen and oxygen atoms in total. The van der Waals surface area contributed by atoms with Gasteiger partial charge in [-0.25, -0.2) is 0 Å². The SMILES string of the molecule is CC(=O)c1cc(C#N)c(-c2ccco2)cc1O. The molecule has 0 fully saturated rings. The summed E-state index contributed by atoms with van der Waals surface area (Å²) in [5, 5.41) is 18.7. The average Bonchev–Trinajstić information content (AvgIpc) is 2.81. The molecule has 2 rings (SSSR count). The van der Waals surface area contributed by atoms with Gasteiger partial charge in [-0.3, -0.25) is 4.79 Å². The minimum absolute atomic E-state index is 0.136. The highest BCUT2D eigenvalue weighted by atomic mass is 16.3. The first-order valence-corrected chi connectivity index (χ1v) is 4.95. The highest BCUT2D eigenvalue weighted by molar-refractivity contribution is 5.98. The van der Waals surface area contributed by atoms with E-state index in [1.54, 1.807) is 12.1 Å². The molecule has 0 spiro atoms. The molecular weight excluding hydrogens is 218 g/mol. The van der Waals surface area contributed by atoms with Gasteiger partial charge >= 0.3 is 0 Å². The Labute approximate surface area is 97.7 Å². The molecular formula is C13H9NO3. The van der Waals surface area contributed by atoms with Gasteiger partial charge in [-0.2, -0.15) is 5.26 Å². The topological polar surface area (TPSA) is 74.2 Å². The van der Waals surface area contributed by atoms with E-state index >= 15 is 0 Å². The predicted molar refractivity (Wildman–Crippen MR) is 60.5 cm³/mol. The number of Topliss-reactive ketones (excluding diaryl/α,β-unsaturated/α-hetero) is 1. The Morgan fingerprint density at radius 2 is 2.24 bits per heavy atom. The summed E-state index contributed by atoms with van der Waals surface area (Å²) < 4.78 is 5.17. The second-order valence-corrected chi connectivity index (χ2v) is 3.56. The van der Waals surface area contributed by atoms with Gasteiger partial charge in [0.2, 0.25) is 0 Å². The first kappa shape index (κ1) is 11.0. The van der Waals surface area contributed by atoms with Gasteiger partial charge in [-0.1, -0.05) is 0 Å². The van der Waals surface area contributed by atoms with Crippen molar-refractivity contribution in [3.8, 4) is 23.1 Å². The van der Waals surface area contributed by atoms with Crippen molar-refractivity contribution in [2.24, 2.45) is 0 Å². The Hall–Kier alpha value is -2.54. The summed E-state index contributed by atoms with van der Waals surface area (Å²) in [5.74, 6) is 0.0415. The number of hydrogen-bond donors (Lipinski definition) is 1. The lowest BCUT2D eigenvalue weighted by Gasteiger charge is -2.05. The number of carbonyl (C=O) groups is 1. The van der Waals surface area contributed by atoms with Crippen molar-refractivity contribution in [2.75, 3.05) is 0 Å². The van der Waals surface area contributed by atoms with Gasteiger partial charge in [0, 0.05) is 5.56 Å². The monoisotopic (exact) mass is 227 g/mol. The van der Waals surface area contributed by atoms with E-state index in [9.17, 15) is 9.90 Å². The molecule has 1 heterocycles. The maximum absolute atomic E-state index is 11.2.